The normalized spacial score (nSPS) is 42.5. The smallest absolute Gasteiger partial charge is 0.305 e. The van der Waals surface area contributed by atoms with Crippen LogP contribution in [0.3, 0.4) is 0 Å². The first-order valence-electron chi connectivity index (χ1n) is 15.2. The van der Waals surface area contributed by atoms with Crippen LogP contribution in [0.1, 0.15) is 95.4 Å². The predicted molar refractivity (Wildman–Crippen MR) is 149 cm³/mol. The van der Waals surface area contributed by atoms with Gasteiger partial charge in [-0.2, -0.15) is 0 Å². The van der Waals surface area contributed by atoms with Crippen LogP contribution in [-0.2, 0) is 52.2 Å². The van der Waals surface area contributed by atoms with Crippen molar-refractivity contribution in [2.75, 3.05) is 0 Å². The van der Waals surface area contributed by atoms with E-state index in [-0.39, 0.29) is 36.6 Å². The van der Waals surface area contributed by atoms with E-state index < -0.39 is 48.3 Å². The Kier molecular flexibility index (Phi) is 11.8. The van der Waals surface area contributed by atoms with E-state index in [0.29, 0.717) is 12.0 Å². The van der Waals surface area contributed by atoms with Gasteiger partial charge in [0, 0.05) is 25.7 Å². The average Bonchev–Trinajstić information content (AvgIpc) is 3.62. The van der Waals surface area contributed by atoms with Crippen molar-refractivity contribution in [1.29, 1.82) is 0 Å². The Morgan fingerprint density at radius 2 is 1.12 bits per heavy atom. The molecule has 0 bridgehead atoms. The highest BCUT2D eigenvalue weighted by molar-refractivity contribution is 5.67. The number of ether oxygens (including phenoxy) is 9. The molecule has 42 heavy (non-hydrogen) atoms. The summed E-state index contributed by atoms with van der Waals surface area (Å²) in [5, 5.41) is 9.76. The number of aliphatic hydroxyl groups is 1. The van der Waals surface area contributed by atoms with Gasteiger partial charge in [0.25, 0.3) is 0 Å². The van der Waals surface area contributed by atoms with Crippen LogP contribution in [0.4, 0.5) is 0 Å². The number of hydrogen-bond donors (Lipinski definition) is 1. The molecule has 5 aliphatic rings. The maximum atomic E-state index is 11.0. The third kappa shape index (κ3) is 8.41. The molecule has 5 heterocycles. The van der Waals surface area contributed by atoms with Crippen molar-refractivity contribution in [3.05, 3.63) is 0 Å². The van der Waals surface area contributed by atoms with Crippen LogP contribution in [0.25, 0.3) is 0 Å². The fourth-order valence-corrected chi connectivity index (χ4v) is 6.00. The van der Waals surface area contributed by atoms with Gasteiger partial charge in [-0.25, -0.2) is 0 Å². The number of rotatable bonds is 5. The molecular weight excluding hydrogens is 552 g/mol. The van der Waals surface area contributed by atoms with E-state index in [4.69, 9.17) is 42.6 Å². The van der Waals surface area contributed by atoms with Crippen molar-refractivity contribution < 1.29 is 57.3 Å². The van der Waals surface area contributed by atoms with E-state index in [1.807, 2.05) is 48.5 Å². The van der Waals surface area contributed by atoms with Crippen molar-refractivity contribution >= 4 is 11.9 Å². The lowest BCUT2D eigenvalue weighted by Crippen LogP contribution is -2.34. The second-order valence-corrected chi connectivity index (χ2v) is 12.4. The maximum Gasteiger partial charge on any atom is 0.305 e. The summed E-state index contributed by atoms with van der Waals surface area (Å²) in [5.74, 6) is -1.47. The molecule has 5 rings (SSSR count). The lowest BCUT2D eigenvalue weighted by atomic mass is 9.99. The highest BCUT2D eigenvalue weighted by Crippen LogP contribution is 2.41. The average molecular weight is 605 g/mol. The molecule has 5 saturated heterocycles. The summed E-state index contributed by atoms with van der Waals surface area (Å²) in [6.45, 7) is 20.3. The van der Waals surface area contributed by atoms with E-state index in [1.54, 1.807) is 0 Å². The molecule has 0 amide bonds. The van der Waals surface area contributed by atoms with Gasteiger partial charge >= 0.3 is 11.9 Å². The topological polar surface area (TPSA) is 137 Å². The second kappa shape index (κ2) is 14.2. The first-order valence-corrected chi connectivity index (χ1v) is 15.2. The summed E-state index contributed by atoms with van der Waals surface area (Å²) in [6.07, 6.45) is 0.124. The lowest BCUT2D eigenvalue weighted by molar-refractivity contribution is -0.215. The fourth-order valence-electron chi connectivity index (χ4n) is 6.00. The summed E-state index contributed by atoms with van der Waals surface area (Å²) in [7, 11) is 0. The van der Waals surface area contributed by atoms with Gasteiger partial charge in [-0.1, -0.05) is 34.6 Å². The molecule has 0 radical (unpaired) electrons. The zero-order valence-corrected chi connectivity index (χ0v) is 27.0. The Labute approximate surface area is 249 Å². The minimum atomic E-state index is -0.777. The lowest BCUT2D eigenvalue weighted by Gasteiger charge is -2.22. The minimum Gasteiger partial charge on any atom is -0.455 e. The van der Waals surface area contributed by atoms with Gasteiger partial charge in [0.05, 0.1) is 18.3 Å². The van der Waals surface area contributed by atoms with E-state index in [2.05, 4.69) is 13.8 Å². The van der Waals surface area contributed by atoms with Crippen molar-refractivity contribution in [3.63, 3.8) is 0 Å². The molecule has 244 valence electrons. The van der Waals surface area contributed by atoms with Crippen molar-refractivity contribution in [2.45, 2.75) is 169 Å². The quantitative estimate of drug-likeness (QED) is 0.457. The number of esters is 2. The van der Waals surface area contributed by atoms with Gasteiger partial charge in [-0.3, -0.25) is 9.59 Å². The maximum absolute atomic E-state index is 11.0. The Bertz CT molecular complexity index is 865. The summed E-state index contributed by atoms with van der Waals surface area (Å²) in [4.78, 5) is 21.8. The number of fused-ring (bicyclic) bond motifs is 2. The van der Waals surface area contributed by atoms with Crippen LogP contribution in [-0.4, -0.2) is 90.2 Å². The highest BCUT2D eigenvalue weighted by atomic mass is 16.8. The summed E-state index contributed by atoms with van der Waals surface area (Å²) >= 11 is 0. The van der Waals surface area contributed by atoms with Crippen LogP contribution in [0.5, 0.6) is 0 Å². The predicted octanol–water partition coefficient (Wildman–Crippen LogP) is 3.79. The molecule has 0 saturated carbocycles. The number of hydrogen-bond acceptors (Lipinski definition) is 12. The Morgan fingerprint density at radius 1 is 0.667 bits per heavy atom. The Morgan fingerprint density at radius 3 is 1.57 bits per heavy atom. The molecule has 0 aromatic heterocycles. The van der Waals surface area contributed by atoms with Gasteiger partial charge < -0.3 is 47.7 Å². The Balaban J connectivity index is 0.000000174. The molecule has 5 aliphatic heterocycles. The summed E-state index contributed by atoms with van der Waals surface area (Å²) < 4.78 is 49.3. The van der Waals surface area contributed by atoms with E-state index in [0.717, 1.165) is 19.3 Å². The molecule has 0 aromatic carbocycles. The van der Waals surface area contributed by atoms with Crippen LogP contribution < -0.4 is 0 Å². The van der Waals surface area contributed by atoms with Gasteiger partial charge in [0.15, 0.2) is 30.3 Å². The molecule has 5 fully saturated rings. The molecule has 12 nitrogen and oxygen atoms in total. The SMILES string of the molecule is CC[C@H]1OC(OC(C)=O)[C@H](OC(C)=O)[C@H]1C.CC[C@H]1O[C@@H]2OC(C)(C)O[C@@H]2[C@H]1C.CC[C@H]1O[C@@H]2OC(C)(C)O[C@@H]2[C@H]1O. The first kappa shape index (κ1) is 35.1. The standard InChI is InChI=1S/C11H18O5.C10H18O3.C9H16O4/c1-5-9-6(2)10(14-7(3)12)11(16-9)15-8(4)13;1-5-7-6(2)8-9(11-7)13-10(3,4)12-8;1-4-5-6(10)7-8(11-5)13-9(2,3)12-7/h6,9-11H,5H2,1-4H3;6-9H,5H2,1-4H3;5-8,10H,4H2,1-3H3/t6-,9+,10+,11?;6-,7+,8+,9+;5-,6+,7-,8-/m001/s1. The third-order valence-electron chi connectivity index (χ3n) is 8.09. The Hall–Kier alpha value is -1.38. The number of carbonyl (C=O) groups excluding carboxylic acids is 2. The van der Waals surface area contributed by atoms with Crippen LogP contribution in [0.15, 0.2) is 0 Å². The van der Waals surface area contributed by atoms with Crippen molar-refractivity contribution in [2.24, 2.45) is 11.8 Å². The monoisotopic (exact) mass is 604 g/mol. The molecular formula is C30H52O12. The molecule has 12 heteroatoms. The van der Waals surface area contributed by atoms with E-state index in [1.165, 1.54) is 13.8 Å². The summed E-state index contributed by atoms with van der Waals surface area (Å²) in [5.41, 5.74) is 0. The van der Waals surface area contributed by atoms with Gasteiger partial charge in [-0.05, 0) is 47.0 Å². The molecule has 1 N–H and O–H groups in total. The zero-order chi connectivity index (χ0) is 31.6. The number of carbonyl (C=O) groups is 2. The molecule has 12 atom stereocenters. The summed E-state index contributed by atoms with van der Waals surface area (Å²) in [6, 6.07) is 0. The largest absolute Gasteiger partial charge is 0.455 e. The molecule has 0 aromatic rings. The van der Waals surface area contributed by atoms with Gasteiger partial charge in [0.1, 0.15) is 18.3 Å². The van der Waals surface area contributed by atoms with Gasteiger partial charge in [0.2, 0.25) is 6.29 Å². The minimum absolute atomic E-state index is 0.0262. The fraction of sp³-hybridized carbons (Fsp3) is 0.933. The van der Waals surface area contributed by atoms with E-state index >= 15 is 0 Å². The van der Waals surface area contributed by atoms with Gasteiger partial charge in [-0.15, -0.1) is 0 Å². The van der Waals surface area contributed by atoms with Crippen LogP contribution >= 0.6 is 0 Å². The van der Waals surface area contributed by atoms with Crippen LogP contribution in [0.2, 0.25) is 0 Å². The van der Waals surface area contributed by atoms with Crippen LogP contribution in [0, 0.1) is 11.8 Å². The third-order valence-corrected chi connectivity index (χ3v) is 8.09. The zero-order valence-electron chi connectivity index (χ0n) is 27.0. The first-order chi connectivity index (χ1) is 19.5. The van der Waals surface area contributed by atoms with E-state index in [9.17, 15) is 14.7 Å². The molecule has 0 aliphatic carbocycles. The second-order valence-electron chi connectivity index (χ2n) is 12.4. The molecule has 1 unspecified atom stereocenters. The number of aliphatic hydroxyl groups excluding tert-OH is 1. The highest BCUT2D eigenvalue weighted by Gasteiger charge is 2.54. The van der Waals surface area contributed by atoms with Crippen molar-refractivity contribution in [3.8, 4) is 0 Å². The molecule has 0 spiro atoms. The van der Waals surface area contributed by atoms with Crippen molar-refractivity contribution in [1.82, 2.24) is 0 Å².